The van der Waals surface area contributed by atoms with Gasteiger partial charge in [-0.05, 0) is 37.5 Å². The first-order valence-electron chi connectivity index (χ1n) is 12.8. The van der Waals surface area contributed by atoms with Gasteiger partial charge in [0.25, 0.3) is 0 Å². The highest BCUT2D eigenvalue weighted by molar-refractivity contribution is 5.21. The molecule has 1 aliphatic rings. The first-order chi connectivity index (χ1) is 17.9. The minimum atomic E-state index is -0.547. The summed E-state index contributed by atoms with van der Waals surface area (Å²) in [5, 5.41) is 12.7. The minimum absolute atomic E-state index is 0.215. The topological polar surface area (TPSA) is 51.2 Å². The predicted molar refractivity (Wildman–Crippen MR) is 145 cm³/mol. The second-order valence-electron chi connectivity index (χ2n) is 10.4. The molecule has 4 rings (SSSR count). The zero-order valence-corrected chi connectivity index (χ0v) is 21.9. The van der Waals surface area contributed by atoms with Gasteiger partial charge in [-0.1, -0.05) is 103 Å². The number of ether oxygens (including phenoxy) is 3. The molecule has 3 aromatic carbocycles. The lowest BCUT2D eigenvalue weighted by molar-refractivity contribution is -0.155. The number of benzene rings is 3. The van der Waals surface area contributed by atoms with Crippen molar-refractivity contribution in [2.75, 3.05) is 6.61 Å². The number of rotatable bonds is 10. The van der Waals surface area contributed by atoms with Crippen LogP contribution < -0.4 is 0 Å². The Hall–Kier alpha value is -2.98. The number of nitrogens with zero attached hydrogens (tertiary/aromatic N) is 1. The summed E-state index contributed by atoms with van der Waals surface area (Å²) in [5.41, 5.74) is 2.97. The quantitative estimate of drug-likeness (QED) is 0.354. The third-order valence-corrected chi connectivity index (χ3v) is 6.20. The van der Waals surface area contributed by atoms with Gasteiger partial charge in [-0.25, -0.2) is 0 Å². The van der Waals surface area contributed by atoms with Crippen LogP contribution in [0.25, 0.3) is 0 Å². The number of hydroxylamine groups is 2. The summed E-state index contributed by atoms with van der Waals surface area (Å²) < 4.78 is 19.0. The number of hydrogen-bond donors (Lipinski definition) is 1. The van der Waals surface area contributed by atoms with Crippen LogP contribution in [0.3, 0.4) is 0 Å². The fourth-order valence-electron chi connectivity index (χ4n) is 4.31. The highest BCUT2D eigenvalue weighted by atomic mass is 16.6. The summed E-state index contributed by atoms with van der Waals surface area (Å²) in [5.74, 6) is 6.58. The van der Waals surface area contributed by atoms with E-state index in [0.717, 1.165) is 16.7 Å². The Morgan fingerprint density at radius 3 is 1.65 bits per heavy atom. The van der Waals surface area contributed by atoms with Crippen molar-refractivity contribution in [1.29, 1.82) is 0 Å². The van der Waals surface area contributed by atoms with Crippen LogP contribution in [0.4, 0.5) is 0 Å². The Balaban J connectivity index is 1.57. The molecule has 0 radical (unpaired) electrons. The maximum absolute atomic E-state index is 11.4. The molecule has 5 heteroatoms. The third kappa shape index (κ3) is 8.00. The average molecular weight is 500 g/mol. The van der Waals surface area contributed by atoms with Crippen molar-refractivity contribution in [2.45, 2.75) is 64.9 Å². The van der Waals surface area contributed by atoms with E-state index >= 15 is 0 Å². The molecule has 5 nitrogen and oxygen atoms in total. The Morgan fingerprint density at radius 1 is 0.703 bits per heavy atom. The van der Waals surface area contributed by atoms with E-state index in [2.05, 4.69) is 32.6 Å². The van der Waals surface area contributed by atoms with Gasteiger partial charge in [-0.15, -0.1) is 0 Å². The molecule has 0 aromatic heterocycles. The molecule has 0 bridgehead atoms. The monoisotopic (exact) mass is 499 g/mol. The molecule has 1 aliphatic heterocycles. The Bertz CT molecular complexity index is 1140. The average Bonchev–Trinajstić information content (AvgIpc) is 3.16. The normalized spacial score (nSPS) is 21.9. The fourth-order valence-corrected chi connectivity index (χ4v) is 4.31. The van der Waals surface area contributed by atoms with Gasteiger partial charge in [0.05, 0.1) is 32.5 Å². The molecule has 194 valence electrons. The van der Waals surface area contributed by atoms with Crippen molar-refractivity contribution in [3.8, 4) is 11.8 Å². The maximum atomic E-state index is 11.4. The molecule has 0 spiro atoms. The van der Waals surface area contributed by atoms with E-state index in [9.17, 15) is 5.21 Å². The summed E-state index contributed by atoms with van der Waals surface area (Å²) in [7, 11) is 0. The SMILES string of the molecule is CC(C)(C)C#C[C@H]1[C@@H](OCc2ccccc2)[C@H](OCc2ccccc2)[C@H](COCc2ccccc2)N1O. The summed E-state index contributed by atoms with van der Waals surface area (Å²) in [6, 6.07) is 29.1. The molecule has 0 aliphatic carbocycles. The Kier molecular flexibility index (Phi) is 9.51. The Labute approximate surface area is 220 Å². The van der Waals surface area contributed by atoms with Gasteiger partial charge >= 0.3 is 0 Å². The molecule has 37 heavy (non-hydrogen) atoms. The zero-order chi connectivity index (χ0) is 26.1. The molecule has 1 saturated heterocycles. The van der Waals surface area contributed by atoms with Crippen LogP contribution >= 0.6 is 0 Å². The van der Waals surface area contributed by atoms with E-state index < -0.39 is 24.3 Å². The molecule has 4 atom stereocenters. The summed E-state index contributed by atoms with van der Waals surface area (Å²) in [6.45, 7) is 7.70. The first kappa shape index (κ1) is 27.1. The highest BCUT2D eigenvalue weighted by Crippen LogP contribution is 2.31. The number of hydrogen-bond acceptors (Lipinski definition) is 5. The van der Waals surface area contributed by atoms with Crippen molar-refractivity contribution in [3.05, 3.63) is 108 Å². The lowest BCUT2D eigenvalue weighted by Crippen LogP contribution is -2.40. The molecule has 0 amide bonds. The van der Waals surface area contributed by atoms with Gasteiger partial charge in [0.15, 0.2) is 0 Å². The summed E-state index contributed by atoms with van der Waals surface area (Å²) >= 11 is 0. The summed E-state index contributed by atoms with van der Waals surface area (Å²) in [6.07, 6.45) is -0.905. The van der Waals surface area contributed by atoms with E-state index in [4.69, 9.17) is 14.2 Å². The smallest absolute Gasteiger partial charge is 0.125 e. The van der Waals surface area contributed by atoms with E-state index in [1.807, 2.05) is 91.0 Å². The van der Waals surface area contributed by atoms with Crippen molar-refractivity contribution < 1.29 is 19.4 Å². The van der Waals surface area contributed by atoms with Crippen LogP contribution in [0.5, 0.6) is 0 Å². The maximum Gasteiger partial charge on any atom is 0.125 e. The molecule has 3 aromatic rings. The standard InChI is InChI=1S/C32H37NO4/c1-32(2,3)20-19-28-30(36-22-26-15-9-5-10-16-26)31(37-23-27-17-11-6-12-18-27)29(33(28)34)24-35-21-25-13-7-4-8-14-25/h4-18,28-31,34H,21-24H2,1-3H3/t28-,29-,30+,31+/m0/s1. The third-order valence-electron chi connectivity index (χ3n) is 6.20. The van der Waals surface area contributed by atoms with Crippen LogP contribution in [-0.4, -0.2) is 41.2 Å². The van der Waals surface area contributed by atoms with Crippen molar-refractivity contribution in [1.82, 2.24) is 5.06 Å². The molecule has 1 heterocycles. The van der Waals surface area contributed by atoms with Crippen LogP contribution in [0.15, 0.2) is 91.0 Å². The second kappa shape index (κ2) is 13.0. The van der Waals surface area contributed by atoms with Gasteiger partial charge in [-0.2, -0.15) is 5.06 Å². The molecular formula is C32H37NO4. The van der Waals surface area contributed by atoms with E-state index in [1.54, 1.807) is 0 Å². The van der Waals surface area contributed by atoms with Gasteiger partial charge in [0.1, 0.15) is 18.2 Å². The van der Waals surface area contributed by atoms with E-state index in [-0.39, 0.29) is 12.0 Å². The van der Waals surface area contributed by atoms with E-state index in [1.165, 1.54) is 5.06 Å². The lowest BCUT2D eigenvalue weighted by Gasteiger charge is -2.25. The second-order valence-corrected chi connectivity index (χ2v) is 10.4. The molecule has 1 fully saturated rings. The Morgan fingerprint density at radius 2 is 1.16 bits per heavy atom. The first-order valence-corrected chi connectivity index (χ1v) is 12.8. The van der Waals surface area contributed by atoms with Crippen molar-refractivity contribution >= 4 is 0 Å². The van der Waals surface area contributed by atoms with Gasteiger partial charge in [0, 0.05) is 5.41 Å². The predicted octanol–water partition coefficient (Wildman–Crippen LogP) is 5.87. The molecular weight excluding hydrogens is 462 g/mol. The molecule has 1 N–H and O–H groups in total. The van der Waals surface area contributed by atoms with Crippen LogP contribution in [-0.2, 0) is 34.0 Å². The van der Waals surface area contributed by atoms with Gasteiger partial charge < -0.3 is 19.4 Å². The molecule has 0 saturated carbocycles. The van der Waals surface area contributed by atoms with Crippen molar-refractivity contribution in [2.24, 2.45) is 5.41 Å². The minimum Gasteiger partial charge on any atom is -0.375 e. The fraction of sp³-hybridized carbons (Fsp3) is 0.375. The largest absolute Gasteiger partial charge is 0.375 e. The summed E-state index contributed by atoms with van der Waals surface area (Å²) in [4.78, 5) is 0. The van der Waals surface area contributed by atoms with Crippen molar-refractivity contribution in [3.63, 3.8) is 0 Å². The molecule has 0 unspecified atom stereocenters. The zero-order valence-electron chi connectivity index (χ0n) is 21.9. The van der Waals surface area contributed by atoms with Gasteiger partial charge in [0.2, 0.25) is 0 Å². The van der Waals surface area contributed by atoms with Crippen LogP contribution in [0.1, 0.15) is 37.5 Å². The van der Waals surface area contributed by atoms with Gasteiger partial charge in [-0.3, -0.25) is 0 Å². The van der Waals surface area contributed by atoms with Crippen LogP contribution in [0, 0.1) is 17.3 Å². The van der Waals surface area contributed by atoms with Crippen LogP contribution in [0.2, 0.25) is 0 Å². The van der Waals surface area contributed by atoms with E-state index in [0.29, 0.717) is 19.8 Å². The lowest BCUT2D eigenvalue weighted by atomic mass is 9.97. The highest BCUT2D eigenvalue weighted by Gasteiger charge is 2.50.